The molecule has 1 heterocycles. The fraction of sp³-hybridized carbons (Fsp3) is 1.00. The molecule has 2 unspecified atom stereocenters. The lowest BCUT2D eigenvalue weighted by atomic mass is 9.83. The van der Waals surface area contributed by atoms with Gasteiger partial charge in [0, 0.05) is 31.7 Å². The van der Waals surface area contributed by atoms with E-state index in [4.69, 9.17) is 0 Å². The lowest BCUT2D eigenvalue weighted by molar-refractivity contribution is 0.0419. The van der Waals surface area contributed by atoms with E-state index in [0.717, 1.165) is 13.1 Å². The van der Waals surface area contributed by atoms with E-state index in [1.807, 2.05) is 0 Å². The molecule has 1 N–H and O–H groups in total. The number of alkyl halides is 1. The van der Waals surface area contributed by atoms with Crippen LogP contribution in [0.15, 0.2) is 0 Å². The highest BCUT2D eigenvalue weighted by Gasteiger charge is 2.35. The number of nitrogens with one attached hydrogen (secondary N) is 1. The van der Waals surface area contributed by atoms with Gasteiger partial charge in [0.2, 0.25) is 0 Å². The Labute approximate surface area is 99.6 Å². The van der Waals surface area contributed by atoms with Crippen LogP contribution in [0.3, 0.4) is 0 Å². The highest BCUT2D eigenvalue weighted by atomic mass is 19.1. The minimum absolute atomic E-state index is 0.212. The van der Waals surface area contributed by atoms with Gasteiger partial charge in [-0.15, -0.1) is 0 Å². The van der Waals surface area contributed by atoms with E-state index < -0.39 is 0 Å². The van der Waals surface area contributed by atoms with Crippen LogP contribution >= 0.6 is 0 Å². The van der Waals surface area contributed by atoms with Crippen molar-refractivity contribution in [1.29, 1.82) is 0 Å². The molecule has 0 amide bonds. The van der Waals surface area contributed by atoms with Crippen molar-refractivity contribution in [3.05, 3.63) is 0 Å². The van der Waals surface area contributed by atoms with E-state index in [2.05, 4.69) is 44.8 Å². The molecule has 1 aliphatic rings. The molecule has 2 atom stereocenters. The van der Waals surface area contributed by atoms with Crippen molar-refractivity contribution in [3.63, 3.8) is 0 Å². The second-order valence-electron chi connectivity index (χ2n) is 6.32. The molecule has 1 fully saturated rings. The van der Waals surface area contributed by atoms with Gasteiger partial charge in [-0.25, -0.2) is 4.39 Å². The number of rotatable bonds is 3. The van der Waals surface area contributed by atoms with Crippen molar-refractivity contribution in [3.8, 4) is 0 Å². The number of hydrogen-bond donors (Lipinski definition) is 1. The maximum absolute atomic E-state index is 12.6. The maximum atomic E-state index is 12.6. The topological polar surface area (TPSA) is 15.3 Å². The molecule has 96 valence electrons. The van der Waals surface area contributed by atoms with Gasteiger partial charge in [-0.2, -0.15) is 0 Å². The maximum Gasteiger partial charge on any atom is 0.102 e. The van der Waals surface area contributed by atoms with Crippen molar-refractivity contribution in [2.75, 3.05) is 26.3 Å². The first kappa shape index (κ1) is 13.9. The summed E-state index contributed by atoms with van der Waals surface area (Å²) < 4.78 is 12.6. The first-order chi connectivity index (χ1) is 7.36. The van der Waals surface area contributed by atoms with Gasteiger partial charge in [0.1, 0.15) is 6.67 Å². The van der Waals surface area contributed by atoms with Crippen LogP contribution in [0.1, 0.15) is 34.6 Å². The van der Waals surface area contributed by atoms with Crippen LogP contribution in [0.5, 0.6) is 0 Å². The predicted molar refractivity (Wildman–Crippen MR) is 67.4 cm³/mol. The van der Waals surface area contributed by atoms with Gasteiger partial charge in [-0.3, -0.25) is 4.90 Å². The lowest BCUT2D eigenvalue weighted by Crippen LogP contribution is -2.62. The van der Waals surface area contributed by atoms with Crippen LogP contribution in [-0.4, -0.2) is 43.3 Å². The third-order valence-electron chi connectivity index (χ3n) is 3.62. The highest BCUT2D eigenvalue weighted by Crippen LogP contribution is 2.27. The Kier molecular flexibility index (Phi) is 4.74. The monoisotopic (exact) mass is 230 g/mol. The molecular weight excluding hydrogens is 203 g/mol. The van der Waals surface area contributed by atoms with Gasteiger partial charge in [-0.1, -0.05) is 34.6 Å². The average molecular weight is 230 g/mol. The summed E-state index contributed by atoms with van der Waals surface area (Å²) in [6.07, 6.45) is 0. The Hall–Kier alpha value is -0.150. The lowest BCUT2D eigenvalue weighted by Gasteiger charge is -2.47. The van der Waals surface area contributed by atoms with Crippen LogP contribution < -0.4 is 5.32 Å². The fourth-order valence-corrected chi connectivity index (χ4v) is 2.49. The molecule has 0 aromatic heterocycles. The molecule has 1 aliphatic heterocycles. The normalized spacial score (nSPS) is 28.7. The third-order valence-corrected chi connectivity index (χ3v) is 3.62. The van der Waals surface area contributed by atoms with Gasteiger partial charge in [-0.05, 0) is 11.3 Å². The molecule has 0 aliphatic carbocycles. The standard InChI is InChI=1S/C13H27FN2/c1-10(2)11-9-16(7-6-14)12(8-15-11)13(3,4)5/h10-12,15H,6-9H2,1-5H3. The smallest absolute Gasteiger partial charge is 0.102 e. The first-order valence-electron chi connectivity index (χ1n) is 6.39. The van der Waals surface area contributed by atoms with Crippen LogP contribution in [-0.2, 0) is 0 Å². The molecule has 1 saturated heterocycles. The zero-order chi connectivity index (χ0) is 12.3. The Bertz CT molecular complexity index is 210. The molecule has 0 radical (unpaired) electrons. The molecule has 0 saturated carbocycles. The average Bonchev–Trinajstić information content (AvgIpc) is 2.16. The Balaban J connectivity index is 2.67. The molecule has 2 nitrogen and oxygen atoms in total. The quantitative estimate of drug-likeness (QED) is 0.800. The minimum atomic E-state index is -0.239. The second-order valence-corrected chi connectivity index (χ2v) is 6.32. The van der Waals surface area contributed by atoms with Crippen molar-refractivity contribution < 1.29 is 4.39 Å². The SMILES string of the molecule is CC(C)C1CN(CCF)C(C(C)(C)C)CN1. The first-order valence-corrected chi connectivity index (χ1v) is 6.39. The fourth-order valence-electron chi connectivity index (χ4n) is 2.49. The summed E-state index contributed by atoms with van der Waals surface area (Å²) in [5, 5.41) is 3.60. The van der Waals surface area contributed by atoms with E-state index in [1.165, 1.54) is 0 Å². The zero-order valence-electron chi connectivity index (χ0n) is 11.4. The van der Waals surface area contributed by atoms with Crippen LogP contribution in [0.25, 0.3) is 0 Å². The van der Waals surface area contributed by atoms with Crippen LogP contribution in [0, 0.1) is 11.3 Å². The molecule has 0 aromatic rings. The number of hydrogen-bond acceptors (Lipinski definition) is 2. The molecule has 0 aromatic carbocycles. The molecule has 3 heteroatoms. The van der Waals surface area contributed by atoms with Crippen molar-refractivity contribution in [2.24, 2.45) is 11.3 Å². The van der Waals surface area contributed by atoms with Gasteiger partial charge in [0.05, 0.1) is 0 Å². The Morgan fingerprint density at radius 3 is 2.44 bits per heavy atom. The van der Waals surface area contributed by atoms with E-state index >= 15 is 0 Å². The number of nitrogens with zero attached hydrogens (tertiary/aromatic N) is 1. The number of halogens is 1. The van der Waals surface area contributed by atoms with Gasteiger partial charge >= 0.3 is 0 Å². The van der Waals surface area contributed by atoms with E-state index in [-0.39, 0.29) is 12.1 Å². The largest absolute Gasteiger partial charge is 0.311 e. The van der Waals surface area contributed by atoms with Crippen LogP contribution in [0.2, 0.25) is 0 Å². The minimum Gasteiger partial charge on any atom is -0.311 e. The van der Waals surface area contributed by atoms with E-state index in [0.29, 0.717) is 24.5 Å². The summed E-state index contributed by atoms with van der Waals surface area (Å²) in [4.78, 5) is 2.32. The molecule has 0 bridgehead atoms. The van der Waals surface area contributed by atoms with Crippen molar-refractivity contribution in [1.82, 2.24) is 10.2 Å². The van der Waals surface area contributed by atoms with Crippen molar-refractivity contribution in [2.45, 2.75) is 46.7 Å². The molecule has 0 spiro atoms. The molecule has 16 heavy (non-hydrogen) atoms. The summed E-state index contributed by atoms with van der Waals surface area (Å²) >= 11 is 0. The van der Waals surface area contributed by atoms with Gasteiger partial charge in [0.25, 0.3) is 0 Å². The summed E-state index contributed by atoms with van der Waals surface area (Å²) in [6.45, 7) is 13.5. The molecule has 1 rings (SSSR count). The van der Waals surface area contributed by atoms with Crippen LogP contribution in [0.4, 0.5) is 4.39 Å². The predicted octanol–water partition coefficient (Wildman–Crippen LogP) is 2.30. The van der Waals surface area contributed by atoms with E-state index in [1.54, 1.807) is 0 Å². The second kappa shape index (κ2) is 5.46. The zero-order valence-corrected chi connectivity index (χ0v) is 11.4. The number of piperazine rings is 1. The Morgan fingerprint density at radius 1 is 1.38 bits per heavy atom. The van der Waals surface area contributed by atoms with Crippen molar-refractivity contribution >= 4 is 0 Å². The van der Waals surface area contributed by atoms with E-state index in [9.17, 15) is 4.39 Å². The third kappa shape index (κ3) is 3.42. The highest BCUT2D eigenvalue weighted by molar-refractivity contribution is 4.93. The Morgan fingerprint density at radius 2 is 2.00 bits per heavy atom. The van der Waals surface area contributed by atoms with Gasteiger partial charge < -0.3 is 5.32 Å². The van der Waals surface area contributed by atoms with Gasteiger partial charge in [0.15, 0.2) is 0 Å². The summed E-state index contributed by atoms with van der Waals surface area (Å²) in [5.41, 5.74) is 0.212. The summed E-state index contributed by atoms with van der Waals surface area (Å²) in [5.74, 6) is 0.614. The molecular formula is C13H27FN2. The summed E-state index contributed by atoms with van der Waals surface area (Å²) in [6, 6.07) is 0.948. The summed E-state index contributed by atoms with van der Waals surface area (Å²) in [7, 11) is 0.